The number of benzene rings is 1. The van der Waals surface area contributed by atoms with Crippen LogP contribution in [-0.4, -0.2) is 11.8 Å². The molecule has 1 aromatic carbocycles. The van der Waals surface area contributed by atoms with E-state index in [1.807, 2.05) is 6.07 Å². The molecule has 0 radical (unpaired) electrons. The first-order valence-electron chi connectivity index (χ1n) is 8.47. The molecule has 1 nitrogen and oxygen atoms in total. The number of rotatable bonds is 4. The quantitative estimate of drug-likeness (QED) is 0.809. The van der Waals surface area contributed by atoms with Gasteiger partial charge in [0.1, 0.15) is 5.82 Å². The molecular formula is C18H26FNS. The normalized spacial score (nSPS) is 24.6. The molecule has 116 valence electrons. The Morgan fingerprint density at radius 1 is 1.24 bits per heavy atom. The van der Waals surface area contributed by atoms with E-state index in [1.54, 1.807) is 17.8 Å². The minimum atomic E-state index is -0.0466. The van der Waals surface area contributed by atoms with Gasteiger partial charge in [0.25, 0.3) is 0 Å². The molecule has 1 heterocycles. The van der Waals surface area contributed by atoms with E-state index < -0.39 is 0 Å². The first kappa shape index (κ1) is 15.4. The summed E-state index contributed by atoms with van der Waals surface area (Å²) < 4.78 is 14.0. The van der Waals surface area contributed by atoms with Crippen LogP contribution in [-0.2, 0) is 0 Å². The van der Waals surface area contributed by atoms with E-state index in [0.717, 1.165) is 23.0 Å². The van der Waals surface area contributed by atoms with Crippen molar-refractivity contribution in [2.24, 2.45) is 5.92 Å². The maximum absolute atomic E-state index is 14.0. The maximum atomic E-state index is 14.0. The van der Waals surface area contributed by atoms with Gasteiger partial charge < -0.3 is 5.32 Å². The second kappa shape index (κ2) is 7.15. The molecular weight excluding hydrogens is 281 g/mol. The van der Waals surface area contributed by atoms with Crippen molar-refractivity contribution in [1.29, 1.82) is 0 Å². The zero-order valence-electron chi connectivity index (χ0n) is 12.9. The predicted octanol–water partition coefficient (Wildman–Crippen LogP) is 5.31. The van der Waals surface area contributed by atoms with E-state index >= 15 is 0 Å². The van der Waals surface area contributed by atoms with Gasteiger partial charge in [-0.25, -0.2) is 4.39 Å². The molecule has 2 aliphatic rings. The molecule has 1 aliphatic carbocycles. The fraction of sp³-hybridized carbons (Fsp3) is 0.667. The van der Waals surface area contributed by atoms with Crippen molar-refractivity contribution in [1.82, 2.24) is 5.32 Å². The Morgan fingerprint density at radius 3 is 2.81 bits per heavy atom. The third kappa shape index (κ3) is 3.45. The summed E-state index contributed by atoms with van der Waals surface area (Å²) >= 11 is 1.67. The molecule has 1 N–H and O–H groups in total. The highest BCUT2D eigenvalue weighted by atomic mass is 32.2. The van der Waals surface area contributed by atoms with Crippen LogP contribution in [0.5, 0.6) is 0 Å². The lowest BCUT2D eigenvalue weighted by Crippen LogP contribution is -2.40. The van der Waals surface area contributed by atoms with Crippen LogP contribution < -0.4 is 5.32 Å². The number of nitrogens with one attached hydrogen (secondary N) is 1. The highest BCUT2D eigenvalue weighted by Gasteiger charge is 2.28. The standard InChI is InChI=1S/C18H26FNS/c1-2-16(13-7-4-3-5-8-13)20-17-11-12-21-18-14(17)9-6-10-15(18)19/h6,9-10,13,16-17,20H,2-5,7-8,11-12H2,1H3. The third-order valence-corrected chi connectivity index (χ3v) is 6.26. The third-order valence-electron chi connectivity index (χ3n) is 5.10. The summed E-state index contributed by atoms with van der Waals surface area (Å²) in [6.45, 7) is 2.29. The molecule has 0 amide bonds. The lowest BCUT2D eigenvalue weighted by atomic mass is 9.82. The van der Waals surface area contributed by atoms with Crippen molar-refractivity contribution in [3.05, 3.63) is 29.6 Å². The molecule has 21 heavy (non-hydrogen) atoms. The van der Waals surface area contributed by atoms with Gasteiger partial charge in [0.15, 0.2) is 0 Å². The van der Waals surface area contributed by atoms with Gasteiger partial charge in [0.2, 0.25) is 0 Å². The minimum Gasteiger partial charge on any atom is -0.307 e. The number of hydrogen-bond acceptors (Lipinski definition) is 2. The molecule has 2 unspecified atom stereocenters. The van der Waals surface area contributed by atoms with Gasteiger partial charge in [-0.3, -0.25) is 0 Å². The zero-order valence-corrected chi connectivity index (χ0v) is 13.7. The van der Waals surface area contributed by atoms with Crippen LogP contribution in [0, 0.1) is 11.7 Å². The summed E-state index contributed by atoms with van der Waals surface area (Å²) in [5.41, 5.74) is 1.18. The van der Waals surface area contributed by atoms with E-state index in [1.165, 1.54) is 44.1 Å². The smallest absolute Gasteiger partial charge is 0.137 e. The van der Waals surface area contributed by atoms with Crippen LogP contribution in [0.15, 0.2) is 23.1 Å². The van der Waals surface area contributed by atoms with Gasteiger partial charge in [-0.2, -0.15) is 0 Å². The van der Waals surface area contributed by atoms with Gasteiger partial charge in [-0.05, 0) is 49.0 Å². The van der Waals surface area contributed by atoms with E-state index in [0.29, 0.717) is 12.1 Å². The van der Waals surface area contributed by atoms with Crippen molar-refractivity contribution in [2.75, 3.05) is 5.75 Å². The second-order valence-electron chi connectivity index (χ2n) is 6.43. The molecule has 0 bridgehead atoms. The first-order chi connectivity index (χ1) is 10.3. The topological polar surface area (TPSA) is 12.0 Å². The number of fused-ring (bicyclic) bond motifs is 1. The largest absolute Gasteiger partial charge is 0.307 e. The van der Waals surface area contributed by atoms with Gasteiger partial charge in [-0.15, -0.1) is 11.8 Å². The highest BCUT2D eigenvalue weighted by Crippen LogP contribution is 2.39. The lowest BCUT2D eigenvalue weighted by molar-refractivity contribution is 0.242. The Balaban J connectivity index is 1.74. The molecule has 0 spiro atoms. The minimum absolute atomic E-state index is 0.0466. The molecule has 3 heteroatoms. The van der Waals surface area contributed by atoms with E-state index in [4.69, 9.17) is 0 Å². The Morgan fingerprint density at radius 2 is 2.05 bits per heavy atom. The average molecular weight is 307 g/mol. The molecule has 0 aromatic heterocycles. The van der Waals surface area contributed by atoms with Crippen LogP contribution in [0.1, 0.15) is 63.5 Å². The molecule has 2 atom stereocenters. The second-order valence-corrected chi connectivity index (χ2v) is 7.53. The lowest BCUT2D eigenvalue weighted by Gasteiger charge is -2.35. The van der Waals surface area contributed by atoms with Crippen molar-refractivity contribution >= 4 is 11.8 Å². The first-order valence-corrected chi connectivity index (χ1v) is 9.45. The van der Waals surface area contributed by atoms with Crippen LogP contribution in [0.25, 0.3) is 0 Å². The summed E-state index contributed by atoms with van der Waals surface area (Å²) in [5, 5.41) is 3.88. The fourth-order valence-corrected chi connectivity index (χ4v) is 5.08. The van der Waals surface area contributed by atoms with Crippen LogP contribution in [0.2, 0.25) is 0 Å². The Kier molecular flexibility index (Phi) is 5.23. The molecule has 1 aliphatic heterocycles. The van der Waals surface area contributed by atoms with Crippen LogP contribution in [0.3, 0.4) is 0 Å². The van der Waals surface area contributed by atoms with Gasteiger partial charge in [0.05, 0.1) is 0 Å². The van der Waals surface area contributed by atoms with Gasteiger partial charge >= 0.3 is 0 Å². The molecule has 1 fully saturated rings. The summed E-state index contributed by atoms with van der Waals surface area (Å²) in [7, 11) is 0. The predicted molar refractivity (Wildman–Crippen MR) is 88.3 cm³/mol. The number of hydrogen-bond donors (Lipinski definition) is 1. The maximum Gasteiger partial charge on any atom is 0.137 e. The van der Waals surface area contributed by atoms with Crippen molar-refractivity contribution in [3.8, 4) is 0 Å². The number of thioether (sulfide) groups is 1. The molecule has 1 aromatic rings. The Bertz CT molecular complexity index is 470. The van der Waals surface area contributed by atoms with Crippen LogP contribution in [0.4, 0.5) is 4.39 Å². The van der Waals surface area contributed by atoms with E-state index in [2.05, 4.69) is 18.3 Å². The zero-order chi connectivity index (χ0) is 14.7. The summed E-state index contributed by atoms with van der Waals surface area (Å²) in [4.78, 5) is 0.875. The SMILES string of the molecule is CCC(NC1CCSc2c(F)cccc21)C1CCCCC1. The summed E-state index contributed by atoms with van der Waals surface area (Å²) in [6.07, 6.45) is 9.19. The molecule has 1 saturated carbocycles. The van der Waals surface area contributed by atoms with E-state index in [9.17, 15) is 4.39 Å². The monoisotopic (exact) mass is 307 g/mol. The fourth-order valence-electron chi connectivity index (χ4n) is 3.94. The summed E-state index contributed by atoms with van der Waals surface area (Å²) in [5.74, 6) is 1.79. The molecule has 3 rings (SSSR count). The number of halogens is 1. The van der Waals surface area contributed by atoms with Crippen LogP contribution >= 0.6 is 11.8 Å². The molecule has 0 saturated heterocycles. The van der Waals surface area contributed by atoms with E-state index in [-0.39, 0.29) is 5.82 Å². The Labute approximate surface area is 132 Å². The highest BCUT2D eigenvalue weighted by molar-refractivity contribution is 7.99. The van der Waals surface area contributed by atoms with Crippen molar-refractivity contribution in [3.63, 3.8) is 0 Å². The van der Waals surface area contributed by atoms with Gasteiger partial charge in [-0.1, -0.05) is 38.3 Å². The van der Waals surface area contributed by atoms with Crippen molar-refractivity contribution < 1.29 is 4.39 Å². The average Bonchev–Trinajstić information content (AvgIpc) is 2.54. The summed E-state index contributed by atoms with van der Waals surface area (Å²) in [6, 6.07) is 6.48. The Hall–Kier alpha value is -0.540. The van der Waals surface area contributed by atoms with Gasteiger partial charge in [0, 0.05) is 17.0 Å². The van der Waals surface area contributed by atoms with Crippen molar-refractivity contribution in [2.45, 2.75) is 68.8 Å².